The van der Waals surface area contributed by atoms with Crippen LogP contribution < -0.4 is 15.8 Å². The van der Waals surface area contributed by atoms with Crippen molar-refractivity contribution in [3.63, 3.8) is 0 Å². The summed E-state index contributed by atoms with van der Waals surface area (Å²) in [6.45, 7) is 3.95. The standard InChI is InChI=1S/C14H22N2O2/c1-10(11-5-7-18-8-6-11)16-14-4-3-12(17-2)9-13(14)15/h3-4,9-11,16H,5-8,15H2,1-2H3. The number of benzene rings is 1. The van der Waals surface area contributed by atoms with Gasteiger partial charge in [0.2, 0.25) is 0 Å². The van der Waals surface area contributed by atoms with Crippen LogP contribution in [0.3, 0.4) is 0 Å². The average Bonchev–Trinajstić information content (AvgIpc) is 2.42. The van der Waals surface area contributed by atoms with E-state index in [0.717, 1.165) is 43.2 Å². The number of nitrogen functional groups attached to an aromatic ring is 1. The second kappa shape index (κ2) is 5.96. The molecule has 1 aliphatic heterocycles. The number of nitrogens with two attached hydrogens (primary N) is 1. The van der Waals surface area contributed by atoms with Crippen LogP contribution in [0, 0.1) is 5.92 Å². The van der Waals surface area contributed by atoms with Gasteiger partial charge in [-0.2, -0.15) is 0 Å². The van der Waals surface area contributed by atoms with Crippen LogP contribution in [0.4, 0.5) is 11.4 Å². The van der Waals surface area contributed by atoms with Gasteiger partial charge in [0.1, 0.15) is 5.75 Å². The van der Waals surface area contributed by atoms with E-state index in [1.807, 2.05) is 18.2 Å². The van der Waals surface area contributed by atoms with Crippen molar-refractivity contribution >= 4 is 11.4 Å². The van der Waals surface area contributed by atoms with E-state index in [1.54, 1.807) is 7.11 Å². The molecule has 0 aromatic heterocycles. The molecule has 2 rings (SSSR count). The fraction of sp³-hybridized carbons (Fsp3) is 0.571. The zero-order valence-electron chi connectivity index (χ0n) is 11.1. The molecule has 1 aromatic carbocycles. The van der Waals surface area contributed by atoms with Gasteiger partial charge in [0.15, 0.2) is 0 Å². The van der Waals surface area contributed by atoms with E-state index in [4.69, 9.17) is 15.2 Å². The zero-order chi connectivity index (χ0) is 13.0. The first kappa shape index (κ1) is 13.0. The molecule has 0 spiro atoms. The minimum Gasteiger partial charge on any atom is -0.497 e. The van der Waals surface area contributed by atoms with Crippen molar-refractivity contribution in [3.8, 4) is 5.75 Å². The Morgan fingerprint density at radius 3 is 2.72 bits per heavy atom. The molecule has 0 amide bonds. The molecule has 4 nitrogen and oxygen atoms in total. The number of nitrogens with one attached hydrogen (secondary N) is 1. The summed E-state index contributed by atoms with van der Waals surface area (Å²) >= 11 is 0. The minimum atomic E-state index is 0.407. The van der Waals surface area contributed by atoms with Gasteiger partial charge in [-0.1, -0.05) is 0 Å². The molecule has 1 aliphatic rings. The fourth-order valence-electron chi connectivity index (χ4n) is 2.38. The van der Waals surface area contributed by atoms with E-state index < -0.39 is 0 Å². The third-order valence-corrected chi connectivity index (χ3v) is 3.61. The van der Waals surface area contributed by atoms with E-state index in [2.05, 4.69) is 12.2 Å². The number of ether oxygens (including phenoxy) is 2. The van der Waals surface area contributed by atoms with Gasteiger partial charge in [0.05, 0.1) is 18.5 Å². The van der Waals surface area contributed by atoms with Crippen LogP contribution in [0.5, 0.6) is 5.75 Å². The smallest absolute Gasteiger partial charge is 0.121 e. The lowest BCUT2D eigenvalue weighted by Crippen LogP contribution is -2.31. The summed E-state index contributed by atoms with van der Waals surface area (Å²) in [5.74, 6) is 1.44. The Bertz CT molecular complexity index is 389. The van der Waals surface area contributed by atoms with Crippen LogP contribution in [0.2, 0.25) is 0 Å². The SMILES string of the molecule is COc1ccc(NC(C)C2CCOCC2)c(N)c1. The summed E-state index contributed by atoms with van der Waals surface area (Å²) < 4.78 is 10.5. The quantitative estimate of drug-likeness (QED) is 0.806. The van der Waals surface area contributed by atoms with Gasteiger partial charge < -0.3 is 20.5 Å². The van der Waals surface area contributed by atoms with E-state index in [0.29, 0.717) is 12.0 Å². The lowest BCUT2D eigenvalue weighted by atomic mass is 9.93. The predicted molar refractivity (Wildman–Crippen MR) is 74.0 cm³/mol. The summed E-state index contributed by atoms with van der Waals surface area (Å²) in [7, 11) is 1.65. The van der Waals surface area contributed by atoms with Crippen LogP contribution in [0.1, 0.15) is 19.8 Å². The van der Waals surface area contributed by atoms with Crippen LogP contribution in [0.25, 0.3) is 0 Å². The summed E-state index contributed by atoms with van der Waals surface area (Å²) in [6, 6.07) is 6.16. The number of hydrogen-bond donors (Lipinski definition) is 2. The Labute approximate surface area is 108 Å². The Balaban J connectivity index is 1.99. The molecule has 1 saturated heterocycles. The number of rotatable bonds is 4. The van der Waals surface area contributed by atoms with Crippen molar-refractivity contribution in [1.29, 1.82) is 0 Å². The van der Waals surface area contributed by atoms with Gasteiger partial charge >= 0.3 is 0 Å². The van der Waals surface area contributed by atoms with Gasteiger partial charge in [-0.25, -0.2) is 0 Å². The topological polar surface area (TPSA) is 56.5 Å². The first-order chi connectivity index (χ1) is 8.70. The summed E-state index contributed by atoms with van der Waals surface area (Å²) in [5, 5.41) is 3.50. The third kappa shape index (κ3) is 3.07. The molecule has 4 heteroatoms. The molecule has 1 unspecified atom stereocenters. The molecule has 100 valence electrons. The first-order valence-electron chi connectivity index (χ1n) is 6.48. The van der Waals surface area contributed by atoms with Crippen molar-refractivity contribution in [3.05, 3.63) is 18.2 Å². The van der Waals surface area contributed by atoms with Gasteiger partial charge in [0, 0.05) is 25.3 Å². The van der Waals surface area contributed by atoms with Crippen LogP contribution in [-0.2, 0) is 4.74 Å². The highest BCUT2D eigenvalue weighted by molar-refractivity contribution is 5.68. The number of anilines is 2. The Morgan fingerprint density at radius 2 is 2.11 bits per heavy atom. The van der Waals surface area contributed by atoms with E-state index in [-0.39, 0.29) is 0 Å². The maximum absolute atomic E-state index is 6.01. The molecule has 1 aromatic rings. The molecular weight excluding hydrogens is 228 g/mol. The van der Waals surface area contributed by atoms with Crippen molar-refractivity contribution in [1.82, 2.24) is 0 Å². The van der Waals surface area contributed by atoms with E-state index in [1.165, 1.54) is 0 Å². The highest BCUT2D eigenvalue weighted by atomic mass is 16.5. The first-order valence-corrected chi connectivity index (χ1v) is 6.48. The maximum atomic E-state index is 6.01. The highest BCUT2D eigenvalue weighted by Gasteiger charge is 2.20. The van der Waals surface area contributed by atoms with Gasteiger partial charge in [-0.3, -0.25) is 0 Å². The maximum Gasteiger partial charge on any atom is 0.121 e. The van der Waals surface area contributed by atoms with Gasteiger partial charge in [-0.05, 0) is 37.8 Å². The third-order valence-electron chi connectivity index (χ3n) is 3.61. The summed E-state index contributed by atoms with van der Waals surface area (Å²) in [6.07, 6.45) is 2.23. The molecule has 1 fully saturated rings. The second-order valence-electron chi connectivity index (χ2n) is 4.84. The van der Waals surface area contributed by atoms with Crippen molar-refractivity contribution in [2.45, 2.75) is 25.8 Å². The molecular formula is C14H22N2O2. The molecule has 0 aliphatic carbocycles. The largest absolute Gasteiger partial charge is 0.497 e. The van der Waals surface area contributed by atoms with Crippen molar-refractivity contribution in [2.24, 2.45) is 5.92 Å². The zero-order valence-corrected chi connectivity index (χ0v) is 11.1. The average molecular weight is 250 g/mol. The van der Waals surface area contributed by atoms with Crippen molar-refractivity contribution < 1.29 is 9.47 Å². The molecule has 3 N–H and O–H groups in total. The second-order valence-corrected chi connectivity index (χ2v) is 4.84. The van der Waals surface area contributed by atoms with Crippen LogP contribution in [-0.4, -0.2) is 26.4 Å². The normalized spacial score (nSPS) is 18.3. The van der Waals surface area contributed by atoms with Crippen LogP contribution in [0.15, 0.2) is 18.2 Å². The molecule has 0 radical (unpaired) electrons. The van der Waals surface area contributed by atoms with Gasteiger partial charge in [-0.15, -0.1) is 0 Å². The molecule has 18 heavy (non-hydrogen) atoms. The molecule has 0 bridgehead atoms. The highest BCUT2D eigenvalue weighted by Crippen LogP contribution is 2.27. The number of hydrogen-bond acceptors (Lipinski definition) is 4. The Morgan fingerprint density at radius 1 is 1.39 bits per heavy atom. The number of methoxy groups -OCH3 is 1. The fourth-order valence-corrected chi connectivity index (χ4v) is 2.38. The Hall–Kier alpha value is -1.42. The predicted octanol–water partition coefficient (Wildman–Crippen LogP) is 2.50. The lowest BCUT2D eigenvalue weighted by molar-refractivity contribution is 0.0622. The van der Waals surface area contributed by atoms with E-state index >= 15 is 0 Å². The van der Waals surface area contributed by atoms with Crippen molar-refractivity contribution in [2.75, 3.05) is 31.4 Å². The lowest BCUT2D eigenvalue weighted by Gasteiger charge is -2.29. The minimum absolute atomic E-state index is 0.407. The molecule has 1 atom stereocenters. The molecule has 1 heterocycles. The summed E-state index contributed by atoms with van der Waals surface area (Å²) in [5.41, 5.74) is 7.72. The monoisotopic (exact) mass is 250 g/mol. The van der Waals surface area contributed by atoms with Crippen LogP contribution >= 0.6 is 0 Å². The summed E-state index contributed by atoms with van der Waals surface area (Å²) in [4.78, 5) is 0. The van der Waals surface area contributed by atoms with Gasteiger partial charge in [0.25, 0.3) is 0 Å². The van der Waals surface area contributed by atoms with E-state index in [9.17, 15) is 0 Å². The molecule has 0 saturated carbocycles. The Kier molecular flexibility index (Phi) is 4.31.